The standard InChI is InChI=1S/C22H24N4OS.ClH/c1-15(2)18-7-11-20(12-8-18)26(16(3)27)21-14-28-22(25(21)4)24-19-9-5-17(13-23)6-10-19;/h5-12,15,21H,14H2,1-4H3;1H. The van der Waals surface area contributed by atoms with Crippen LogP contribution in [0.25, 0.3) is 0 Å². The Morgan fingerprint density at radius 1 is 1.21 bits per heavy atom. The maximum Gasteiger partial charge on any atom is 0.225 e. The van der Waals surface area contributed by atoms with Crippen LogP contribution < -0.4 is 4.90 Å². The highest BCUT2D eigenvalue weighted by Crippen LogP contribution is 2.31. The summed E-state index contributed by atoms with van der Waals surface area (Å²) in [6.07, 6.45) is -0.0930. The fraction of sp³-hybridized carbons (Fsp3) is 0.318. The van der Waals surface area contributed by atoms with Crippen molar-refractivity contribution in [3.63, 3.8) is 0 Å². The number of amides is 1. The van der Waals surface area contributed by atoms with Crippen LogP contribution in [0.5, 0.6) is 0 Å². The molecule has 0 bridgehead atoms. The number of hydrogen-bond acceptors (Lipinski definition) is 4. The van der Waals surface area contributed by atoms with Gasteiger partial charge in [-0.05, 0) is 47.9 Å². The number of nitrogens with zero attached hydrogens (tertiary/aromatic N) is 4. The number of aliphatic imine (C=N–C) groups is 1. The number of benzene rings is 2. The second-order valence-corrected chi connectivity index (χ2v) is 8.08. The van der Waals surface area contributed by atoms with Gasteiger partial charge in [0.25, 0.3) is 0 Å². The van der Waals surface area contributed by atoms with E-state index >= 15 is 0 Å². The predicted octanol–water partition coefficient (Wildman–Crippen LogP) is 5.15. The molecule has 7 heteroatoms. The van der Waals surface area contributed by atoms with Crippen molar-refractivity contribution in [3.05, 3.63) is 59.7 Å². The van der Waals surface area contributed by atoms with Gasteiger partial charge in [-0.1, -0.05) is 37.7 Å². The molecular weight excluding hydrogens is 404 g/mol. The van der Waals surface area contributed by atoms with E-state index < -0.39 is 0 Å². The first-order chi connectivity index (χ1) is 13.4. The summed E-state index contributed by atoms with van der Waals surface area (Å²) in [6, 6.07) is 17.5. The zero-order valence-corrected chi connectivity index (χ0v) is 18.6. The van der Waals surface area contributed by atoms with Gasteiger partial charge in [-0.3, -0.25) is 9.69 Å². The number of halogens is 1. The Morgan fingerprint density at radius 2 is 1.83 bits per heavy atom. The average Bonchev–Trinajstić information content (AvgIpc) is 3.03. The van der Waals surface area contributed by atoms with Gasteiger partial charge in [0, 0.05) is 25.4 Å². The molecule has 1 unspecified atom stereocenters. The van der Waals surface area contributed by atoms with E-state index in [9.17, 15) is 4.79 Å². The molecule has 0 N–H and O–H groups in total. The van der Waals surface area contributed by atoms with Crippen LogP contribution in [0, 0.1) is 11.3 Å². The fourth-order valence-corrected chi connectivity index (χ4v) is 4.32. The molecule has 0 aromatic heterocycles. The van der Waals surface area contributed by atoms with Crippen LogP contribution in [0.15, 0.2) is 53.5 Å². The molecule has 5 nitrogen and oxygen atoms in total. The number of rotatable bonds is 4. The highest BCUT2D eigenvalue weighted by molar-refractivity contribution is 8.14. The lowest BCUT2D eigenvalue weighted by molar-refractivity contribution is -0.117. The molecule has 152 valence electrons. The minimum Gasteiger partial charge on any atom is -0.333 e. The van der Waals surface area contributed by atoms with E-state index in [-0.39, 0.29) is 24.5 Å². The van der Waals surface area contributed by atoms with Crippen LogP contribution in [-0.4, -0.2) is 34.9 Å². The highest BCUT2D eigenvalue weighted by atomic mass is 35.5. The summed E-state index contributed by atoms with van der Waals surface area (Å²) >= 11 is 1.63. The zero-order valence-electron chi connectivity index (χ0n) is 17.0. The van der Waals surface area contributed by atoms with Gasteiger partial charge in [0.1, 0.15) is 6.17 Å². The molecule has 1 atom stereocenters. The zero-order chi connectivity index (χ0) is 20.3. The number of amidine groups is 1. The van der Waals surface area contributed by atoms with Crippen LogP contribution in [0.2, 0.25) is 0 Å². The number of nitriles is 1. The molecule has 1 fully saturated rings. The lowest BCUT2D eigenvalue weighted by atomic mass is 10.0. The van der Waals surface area contributed by atoms with Crippen LogP contribution in [0.4, 0.5) is 11.4 Å². The van der Waals surface area contributed by atoms with Crippen LogP contribution in [0.1, 0.15) is 37.8 Å². The topological polar surface area (TPSA) is 59.7 Å². The molecule has 29 heavy (non-hydrogen) atoms. The molecule has 0 aliphatic carbocycles. The smallest absolute Gasteiger partial charge is 0.225 e. The Labute approximate surface area is 182 Å². The second kappa shape index (κ2) is 9.82. The lowest BCUT2D eigenvalue weighted by Crippen LogP contribution is -2.48. The van der Waals surface area contributed by atoms with E-state index in [0.29, 0.717) is 11.5 Å². The molecular formula is C22H25ClN4OS. The van der Waals surface area contributed by atoms with Crippen molar-refractivity contribution in [1.82, 2.24) is 4.90 Å². The van der Waals surface area contributed by atoms with Gasteiger partial charge in [0.05, 0.1) is 17.3 Å². The quantitative estimate of drug-likeness (QED) is 0.675. The molecule has 0 radical (unpaired) electrons. The van der Waals surface area contributed by atoms with Gasteiger partial charge in [-0.2, -0.15) is 5.26 Å². The van der Waals surface area contributed by atoms with Gasteiger partial charge < -0.3 is 4.90 Å². The minimum absolute atomic E-state index is 0. The maximum atomic E-state index is 12.5. The summed E-state index contributed by atoms with van der Waals surface area (Å²) in [5.74, 6) is 1.21. The molecule has 2 aromatic carbocycles. The summed E-state index contributed by atoms with van der Waals surface area (Å²) in [6.45, 7) is 5.92. The normalized spacial score (nSPS) is 17.2. The maximum absolute atomic E-state index is 12.5. The van der Waals surface area contributed by atoms with Gasteiger partial charge in [-0.25, -0.2) is 4.99 Å². The monoisotopic (exact) mass is 428 g/mol. The van der Waals surface area contributed by atoms with E-state index in [2.05, 4.69) is 32.0 Å². The van der Waals surface area contributed by atoms with E-state index in [0.717, 1.165) is 22.3 Å². The molecule has 1 saturated heterocycles. The molecule has 1 heterocycles. The van der Waals surface area contributed by atoms with Gasteiger partial charge in [-0.15, -0.1) is 12.4 Å². The van der Waals surface area contributed by atoms with Crippen molar-refractivity contribution in [2.45, 2.75) is 32.9 Å². The summed E-state index contributed by atoms with van der Waals surface area (Å²) in [7, 11) is 1.96. The second-order valence-electron chi connectivity index (χ2n) is 7.09. The lowest BCUT2D eigenvalue weighted by Gasteiger charge is -2.33. The number of hydrogen-bond donors (Lipinski definition) is 0. The first kappa shape index (κ1) is 22.8. The van der Waals surface area contributed by atoms with Crippen molar-refractivity contribution in [1.29, 1.82) is 5.26 Å². The Kier molecular flexibility index (Phi) is 7.72. The third-order valence-corrected chi connectivity index (χ3v) is 5.91. The third kappa shape index (κ3) is 5.11. The van der Waals surface area contributed by atoms with E-state index in [4.69, 9.17) is 10.3 Å². The summed E-state index contributed by atoms with van der Waals surface area (Å²) in [4.78, 5) is 21.0. The van der Waals surface area contributed by atoms with Crippen molar-refractivity contribution in [2.75, 3.05) is 17.7 Å². The first-order valence-corrected chi connectivity index (χ1v) is 10.2. The van der Waals surface area contributed by atoms with Crippen molar-refractivity contribution in [3.8, 4) is 6.07 Å². The van der Waals surface area contributed by atoms with E-state index in [1.165, 1.54) is 5.56 Å². The molecule has 1 aliphatic heterocycles. The van der Waals surface area contributed by atoms with Crippen LogP contribution >= 0.6 is 24.2 Å². The van der Waals surface area contributed by atoms with Crippen molar-refractivity contribution < 1.29 is 4.79 Å². The molecule has 0 spiro atoms. The molecule has 0 saturated carbocycles. The Balaban J connectivity index is 0.00000300. The van der Waals surface area contributed by atoms with Crippen LogP contribution in [-0.2, 0) is 4.79 Å². The van der Waals surface area contributed by atoms with Crippen LogP contribution in [0.3, 0.4) is 0 Å². The summed E-state index contributed by atoms with van der Waals surface area (Å²) in [5.41, 5.74) is 3.56. The van der Waals surface area contributed by atoms with Crippen molar-refractivity contribution >= 4 is 46.6 Å². The van der Waals surface area contributed by atoms with Gasteiger partial charge >= 0.3 is 0 Å². The Bertz CT molecular complexity index is 919. The van der Waals surface area contributed by atoms with Gasteiger partial charge in [0.2, 0.25) is 5.91 Å². The van der Waals surface area contributed by atoms with Crippen molar-refractivity contribution in [2.24, 2.45) is 4.99 Å². The number of carbonyl (C=O) groups excluding carboxylic acids is 1. The molecule has 3 rings (SSSR count). The Morgan fingerprint density at radius 3 is 2.34 bits per heavy atom. The Hall–Kier alpha value is -2.49. The molecule has 1 aliphatic rings. The fourth-order valence-electron chi connectivity index (χ4n) is 3.15. The summed E-state index contributed by atoms with van der Waals surface area (Å²) < 4.78 is 0. The van der Waals surface area contributed by atoms with E-state index in [1.54, 1.807) is 30.8 Å². The third-order valence-electron chi connectivity index (χ3n) is 4.81. The molecule has 2 aromatic rings. The number of thioether (sulfide) groups is 1. The largest absolute Gasteiger partial charge is 0.333 e. The van der Waals surface area contributed by atoms with E-state index in [1.807, 2.05) is 41.1 Å². The SMILES string of the molecule is CC(=O)N(c1ccc(C(C)C)cc1)C1CSC(=Nc2ccc(C#N)cc2)N1C.Cl. The predicted molar refractivity (Wildman–Crippen MR) is 123 cm³/mol. The average molecular weight is 429 g/mol. The molecule has 1 amide bonds. The summed E-state index contributed by atoms with van der Waals surface area (Å²) in [5, 5.41) is 9.78. The minimum atomic E-state index is -0.0930. The first-order valence-electron chi connectivity index (χ1n) is 9.25. The van der Waals surface area contributed by atoms with Gasteiger partial charge in [0.15, 0.2) is 5.17 Å². The highest BCUT2D eigenvalue weighted by Gasteiger charge is 2.34. The number of anilines is 1. The number of carbonyl (C=O) groups is 1.